The summed E-state index contributed by atoms with van der Waals surface area (Å²) >= 11 is 0. The van der Waals surface area contributed by atoms with Crippen molar-refractivity contribution < 1.29 is 39.8 Å². The van der Waals surface area contributed by atoms with Gasteiger partial charge < -0.3 is 40.3 Å². The third-order valence-corrected chi connectivity index (χ3v) is 20.7. The maximum atomic E-state index is 13.2. The molecule has 0 aromatic carbocycles. The van der Waals surface area contributed by atoms with Crippen LogP contribution >= 0.6 is 0 Å². The van der Waals surface area contributed by atoms with Gasteiger partial charge in [0.2, 0.25) is 5.91 Å². The number of unbranched alkanes of at least 4 members (excludes halogenated alkanes) is 63. The van der Waals surface area contributed by atoms with Crippen LogP contribution in [0.25, 0.3) is 0 Å². The standard InChI is InChI=1S/C86H165NO8/c1-3-5-7-9-11-13-15-17-19-21-23-25-27-29-31-33-35-37-38-39-40-41-42-43-44-46-48-50-52-54-56-58-60-62-64-66-68-70-72-74-76-82(90)87-79(78-94-86-85(93)84(92)83(91)81(77-88)95-86)80(89)75-73-71-69-67-65-63-61-59-57-55-53-51-49-47-45-36-34-32-30-28-26-24-22-20-18-16-14-12-10-8-6-4-2/h57,59,65,67,73,75,79-81,83-86,88-89,91-93H,3-56,58,60-64,66,68-72,74,76-78H2,1-2H3,(H,87,90)/b59-57+,67-65+,75-73+. The van der Waals surface area contributed by atoms with E-state index in [1.54, 1.807) is 6.08 Å². The first-order chi connectivity index (χ1) is 46.8. The molecule has 1 aliphatic rings. The van der Waals surface area contributed by atoms with Crippen molar-refractivity contribution in [2.75, 3.05) is 13.2 Å². The summed E-state index contributed by atoms with van der Waals surface area (Å²) in [6.45, 7) is 3.83. The normalized spacial score (nSPS) is 17.6. The van der Waals surface area contributed by atoms with Crippen LogP contribution in [0.5, 0.6) is 0 Å². The molecule has 9 nitrogen and oxygen atoms in total. The van der Waals surface area contributed by atoms with E-state index in [1.807, 2.05) is 6.08 Å². The summed E-state index contributed by atoms with van der Waals surface area (Å²) in [5.41, 5.74) is 0. The number of aliphatic hydroxyl groups is 5. The molecule has 1 aliphatic heterocycles. The van der Waals surface area contributed by atoms with Gasteiger partial charge in [-0.15, -0.1) is 0 Å². The van der Waals surface area contributed by atoms with Crippen LogP contribution in [0.4, 0.5) is 0 Å². The predicted molar refractivity (Wildman–Crippen MR) is 410 cm³/mol. The van der Waals surface area contributed by atoms with E-state index in [4.69, 9.17) is 9.47 Å². The highest BCUT2D eigenvalue weighted by molar-refractivity contribution is 5.76. The topological polar surface area (TPSA) is 149 Å². The highest BCUT2D eigenvalue weighted by atomic mass is 16.7. The molecule has 0 spiro atoms. The Hall–Kier alpha value is -1.59. The van der Waals surface area contributed by atoms with Gasteiger partial charge in [0.25, 0.3) is 0 Å². The molecule has 0 radical (unpaired) electrons. The Morgan fingerprint density at radius 3 is 0.884 bits per heavy atom. The lowest BCUT2D eigenvalue weighted by molar-refractivity contribution is -0.302. The molecule has 95 heavy (non-hydrogen) atoms. The molecule has 1 amide bonds. The third kappa shape index (κ3) is 63.1. The predicted octanol–water partition coefficient (Wildman–Crippen LogP) is 24.9. The highest BCUT2D eigenvalue weighted by Gasteiger charge is 2.44. The van der Waals surface area contributed by atoms with Crippen LogP contribution in [0.3, 0.4) is 0 Å². The maximum absolute atomic E-state index is 13.2. The number of ether oxygens (including phenoxy) is 2. The second-order valence-electron chi connectivity index (χ2n) is 30.0. The molecule has 7 atom stereocenters. The zero-order valence-electron chi connectivity index (χ0n) is 63.5. The first kappa shape index (κ1) is 91.4. The van der Waals surface area contributed by atoms with E-state index in [2.05, 4.69) is 43.5 Å². The zero-order valence-corrected chi connectivity index (χ0v) is 63.5. The van der Waals surface area contributed by atoms with Crippen molar-refractivity contribution in [3.05, 3.63) is 36.5 Å². The van der Waals surface area contributed by atoms with Crippen LogP contribution in [-0.4, -0.2) is 87.5 Å². The second kappa shape index (κ2) is 75.1. The van der Waals surface area contributed by atoms with E-state index < -0.39 is 49.5 Å². The Kier molecular flexibility index (Phi) is 72.3. The summed E-state index contributed by atoms with van der Waals surface area (Å²) < 4.78 is 11.3. The minimum absolute atomic E-state index is 0.181. The number of hydrogen-bond donors (Lipinski definition) is 6. The molecule has 1 fully saturated rings. The quantitative estimate of drug-likeness (QED) is 0.0261. The zero-order chi connectivity index (χ0) is 68.5. The molecule has 6 N–H and O–H groups in total. The van der Waals surface area contributed by atoms with E-state index in [-0.39, 0.29) is 12.5 Å². The van der Waals surface area contributed by atoms with Crippen molar-refractivity contribution in [3.63, 3.8) is 0 Å². The second-order valence-corrected chi connectivity index (χ2v) is 30.0. The largest absolute Gasteiger partial charge is 0.394 e. The molecule has 9 heteroatoms. The van der Waals surface area contributed by atoms with Gasteiger partial charge in [0.1, 0.15) is 24.4 Å². The average molecular weight is 1340 g/mol. The molecule has 0 bridgehead atoms. The Morgan fingerprint density at radius 1 is 0.347 bits per heavy atom. The molecule has 0 aliphatic carbocycles. The fraction of sp³-hybridized carbons (Fsp3) is 0.919. The van der Waals surface area contributed by atoms with Gasteiger partial charge in [-0.3, -0.25) is 4.79 Å². The van der Waals surface area contributed by atoms with Crippen LogP contribution in [0.1, 0.15) is 450 Å². The lowest BCUT2D eigenvalue weighted by Crippen LogP contribution is -2.60. The summed E-state index contributed by atoms with van der Waals surface area (Å²) in [5.74, 6) is -0.181. The summed E-state index contributed by atoms with van der Waals surface area (Å²) in [6, 6.07) is -0.829. The maximum Gasteiger partial charge on any atom is 0.220 e. The Morgan fingerprint density at radius 2 is 0.600 bits per heavy atom. The number of rotatable bonds is 77. The van der Waals surface area contributed by atoms with Gasteiger partial charge >= 0.3 is 0 Å². The monoisotopic (exact) mass is 1340 g/mol. The Labute approximate surface area is 591 Å². The molecule has 7 unspecified atom stereocenters. The molecule has 562 valence electrons. The van der Waals surface area contributed by atoms with E-state index in [0.29, 0.717) is 6.42 Å². The van der Waals surface area contributed by atoms with Gasteiger partial charge in [0.05, 0.1) is 25.4 Å². The molecule has 1 heterocycles. The lowest BCUT2D eigenvalue weighted by Gasteiger charge is -2.40. The molecule has 1 saturated heterocycles. The van der Waals surface area contributed by atoms with Crippen molar-refractivity contribution in [2.45, 2.75) is 493 Å². The van der Waals surface area contributed by atoms with Crippen molar-refractivity contribution in [2.24, 2.45) is 0 Å². The number of aliphatic hydroxyl groups excluding tert-OH is 5. The number of nitrogens with one attached hydrogen (secondary N) is 1. The molecule has 0 aromatic rings. The molecular weight excluding hydrogens is 1170 g/mol. The average Bonchev–Trinajstić information content (AvgIpc) is 0.841. The molecule has 0 saturated carbocycles. The van der Waals surface area contributed by atoms with Crippen molar-refractivity contribution in [3.8, 4) is 0 Å². The number of allylic oxidation sites excluding steroid dienone is 5. The minimum Gasteiger partial charge on any atom is -0.394 e. The van der Waals surface area contributed by atoms with Crippen LogP contribution in [0.2, 0.25) is 0 Å². The molecule has 0 aromatic heterocycles. The first-order valence-electron chi connectivity index (χ1n) is 42.7. The number of carbonyl (C=O) groups is 1. The van der Waals surface area contributed by atoms with Crippen LogP contribution < -0.4 is 5.32 Å². The Balaban J connectivity index is 2.05. The summed E-state index contributed by atoms with van der Waals surface area (Å²) in [4.78, 5) is 13.2. The van der Waals surface area contributed by atoms with Crippen molar-refractivity contribution in [1.82, 2.24) is 5.32 Å². The van der Waals surface area contributed by atoms with Gasteiger partial charge in [-0.05, 0) is 44.9 Å². The van der Waals surface area contributed by atoms with Crippen LogP contribution in [0.15, 0.2) is 36.5 Å². The van der Waals surface area contributed by atoms with E-state index in [0.717, 1.165) is 44.9 Å². The number of hydrogen-bond acceptors (Lipinski definition) is 8. The van der Waals surface area contributed by atoms with E-state index in [1.165, 1.54) is 385 Å². The molecular formula is C86H165NO8. The Bertz CT molecular complexity index is 1600. The summed E-state index contributed by atoms with van der Waals surface area (Å²) in [5, 5.41) is 54.9. The number of amides is 1. The highest BCUT2D eigenvalue weighted by Crippen LogP contribution is 2.24. The molecule has 1 rings (SSSR count). The first-order valence-corrected chi connectivity index (χ1v) is 42.7. The van der Waals surface area contributed by atoms with Crippen molar-refractivity contribution >= 4 is 5.91 Å². The SMILES string of the molecule is CCCCCCCCCCCCCCCCCCCCCCCC/C=C/CC/C=C/CC/C=C/C(O)C(COC1OC(CO)C(O)C(O)C1O)NC(=O)CCCCCCCCCCCCCCCCCCCCCCCCCCCCCCCCCCCCCCCCCC. The lowest BCUT2D eigenvalue weighted by atomic mass is 9.99. The van der Waals surface area contributed by atoms with Gasteiger partial charge in [-0.2, -0.15) is 0 Å². The minimum atomic E-state index is -1.58. The van der Waals surface area contributed by atoms with E-state index >= 15 is 0 Å². The smallest absolute Gasteiger partial charge is 0.220 e. The summed E-state index contributed by atoms with van der Waals surface area (Å²) in [7, 11) is 0. The van der Waals surface area contributed by atoms with Gasteiger partial charge in [0.15, 0.2) is 6.29 Å². The summed E-state index contributed by atoms with van der Waals surface area (Å²) in [6.07, 6.45) is 96.3. The fourth-order valence-corrected chi connectivity index (χ4v) is 14.1. The van der Waals surface area contributed by atoms with Crippen molar-refractivity contribution in [1.29, 1.82) is 0 Å². The van der Waals surface area contributed by atoms with Crippen LogP contribution in [0, 0.1) is 0 Å². The van der Waals surface area contributed by atoms with Gasteiger partial charge in [0, 0.05) is 6.42 Å². The van der Waals surface area contributed by atoms with E-state index in [9.17, 15) is 30.3 Å². The van der Waals surface area contributed by atoms with Gasteiger partial charge in [-0.1, -0.05) is 436 Å². The third-order valence-electron chi connectivity index (χ3n) is 20.7. The number of carbonyl (C=O) groups excluding carboxylic acids is 1. The van der Waals surface area contributed by atoms with Gasteiger partial charge in [-0.25, -0.2) is 0 Å². The van der Waals surface area contributed by atoms with Crippen LogP contribution in [-0.2, 0) is 14.3 Å². The fourth-order valence-electron chi connectivity index (χ4n) is 14.1.